The molecular formula is C24H30FN3O5. The van der Waals surface area contributed by atoms with Gasteiger partial charge < -0.3 is 25.7 Å². The number of halogens is 1. The zero-order chi connectivity index (χ0) is 23.6. The number of aliphatic hydroxyl groups excluding tert-OH is 1. The van der Waals surface area contributed by atoms with Crippen molar-refractivity contribution in [3.63, 3.8) is 0 Å². The SMILES string of the molecule is O=C1N[C@]2(C(=O)O)C[C@H]2/C=C\CCCCC[C@H](Nc2cccc(F)c2)C(=O)N2C[C@H](O)C[C@@H]12. The van der Waals surface area contributed by atoms with Crippen LogP contribution in [0.4, 0.5) is 10.1 Å². The highest BCUT2D eigenvalue weighted by Crippen LogP contribution is 2.45. The monoisotopic (exact) mass is 459 g/mol. The van der Waals surface area contributed by atoms with Crippen LogP contribution in [0.5, 0.6) is 0 Å². The molecule has 4 rings (SSSR count). The van der Waals surface area contributed by atoms with Gasteiger partial charge >= 0.3 is 5.97 Å². The first-order valence-electron chi connectivity index (χ1n) is 11.5. The van der Waals surface area contributed by atoms with Crippen LogP contribution in [0.15, 0.2) is 36.4 Å². The predicted molar refractivity (Wildman–Crippen MR) is 119 cm³/mol. The Bertz CT molecular complexity index is 954. The third-order valence-electron chi connectivity index (χ3n) is 6.80. The molecule has 3 aliphatic rings. The number of hydrogen-bond donors (Lipinski definition) is 4. The molecule has 0 spiro atoms. The molecule has 8 nitrogen and oxygen atoms in total. The summed E-state index contributed by atoms with van der Waals surface area (Å²) < 4.78 is 13.7. The van der Waals surface area contributed by atoms with E-state index in [1.165, 1.54) is 17.0 Å². The summed E-state index contributed by atoms with van der Waals surface area (Å²) in [7, 11) is 0. The van der Waals surface area contributed by atoms with Gasteiger partial charge in [-0.05, 0) is 43.9 Å². The van der Waals surface area contributed by atoms with Crippen LogP contribution in [0.25, 0.3) is 0 Å². The predicted octanol–water partition coefficient (Wildman–Crippen LogP) is 2.05. The van der Waals surface area contributed by atoms with Crippen molar-refractivity contribution in [1.82, 2.24) is 10.2 Å². The van der Waals surface area contributed by atoms with E-state index in [0.717, 1.165) is 25.7 Å². The van der Waals surface area contributed by atoms with Crippen LogP contribution in [-0.2, 0) is 14.4 Å². The maximum Gasteiger partial charge on any atom is 0.330 e. The van der Waals surface area contributed by atoms with Gasteiger partial charge in [0, 0.05) is 24.6 Å². The molecule has 33 heavy (non-hydrogen) atoms. The summed E-state index contributed by atoms with van der Waals surface area (Å²) in [6.45, 7) is -0.0122. The second-order valence-corrected chi connectivity index (χ2v) is 9.25. The Morgan fingerprint density at radius 3 is 2.82 bits per heavy atom. The van der Waals surface area contributed by atoms with Gasteiger partial charge in [-0.15, -0.1) is 0 Å². The normalized spacial score (nSPS) is 33.7. The lowest BCUT2D eigenvalue weighted by Crippen LogP contribution is -2.55. The molecule has 1 saturated heterocycles. The van der Waals surface area contributed by atoms with Crippen molar-refractivity contribution in [1.29, 1.82) is 0 Å². The summed E-state index contributed by atoms with van der Waals surface area (Å²) in [5.41, 5.74) is -0.907. The Labute approximate surface area is 191 Å². The Morgan fingerprint density at radius 1 is 1.24 bits per heavy atom. The van der Waals surface area contributed by atoms with Gasteiger partial charge in [-0.2, -0.15) is 0 Å². The number of carboxylic acids is 1. The van der Waals surface area contributed by atoms with E-state index in [4.69, 9.17) is 0 Å². The molecule has 5 atom stereocenters. The quantitative estimate of drug-likeness (QED) is 0.514. The Kier molecular flexibility index (Phi) is 6.69. The Balaban J connectivity index is 1.59. The van der Waals surface area contributed by atoms with Crippen LogP contribution in [0.3, 0.4) is 0 Å². The van der Waals surface area contributed by atoms with Crippen molar-refractivity contribution in [3.05, 3.63) is 42.2 Å². The second kappa shape index (κ2) is 9.51. The van der Waals surface area contributed by atoms with Crippen LogP contribution in [-0.4, -0.2) is 63.2 Å². The van der Waals surface area contributed by atoms with Gasteiger partial charge in [-0.25, -0.2) is 9.18 Å². The second-order valence-electron chi connectivity index (χ2n) is 9.25. The molecule has 0 bridgehead atoms. The highest BCUT2D eigenvalue weighted by atomic mass is 19.1. The summed E-state index contributed by atoms with van der Waals surface area (Å²) >= 11 is 0. The lowest BCUT2D eigenvalue weighted by molar-refractivity contribution is -0.145. The first-order valence-corrected chi connectivity index (χ1v) is 11.5. The molecule has 4 N–H and O–H groups in total. The number of aliphatic carboxylic acids is 1. The fourth-order valence-electron chi connectivity index (χ4n) is 4.86. The summed E-state index contributed by atoms with van der Waals surface area (Å²) in [5, 5.41) is 25.8. The maximum atomic E-state index is 13.7. The molecule has 1 aromatic rings. The lowest BCUT2D eigenvalue weighted by Gasteiger charge is -2.30. The topological polar surface area (TPSA) is 119 Å². The molecule has 1 saturated carbocycles. The first-order chi connectivity index (χ1) is 15.8. The summed E-state index contributed by atoms with van der Waals surface area (Å²) in [6.07, 6.45) is 7.07. The fraction of sp³-hybridized carbons (Fsp3) is 0.542. The summed E-state index contributed by atoms with van der Waals surface area (Å²) in [5.74, 6) is -2.75. The number of rotatable bonds is 3. The average molecular weight is 460 g/mol. The van der Waals surface area contributed by atoms with Crippen molar-refractivity contribution < 1.29 is 29.0 Å². The van der Waals surface area contributed by atoms with Crippen molar-refractivity contribution in [3.8, 4) is 0 Å². The number of hydrogen-bond acceptors (Lipinski definition) is 5. The number of allylic oxidation sites excluding steroid dienone is 1. The number of carbonyl (C=O) groups excluding carboxylic acids is 2. The smallest absolute Gasteiger partial charge is 0.330 e. The molecule has 178 valence electrons. The van der Waals surface area contributed by atoms with Crippen molar-refractivity contribution in [2.24, 2.45) is 5.92 Å². The van der Waals surface area contributed by atoms with E-state index in [1.54, 1.807) is 12.1 Å². The molecule has 2 heterocycles. The number of benzene rings is 1. The van der Waals surface area contributed by atoms with Crippen molar-refractivity contribution in [2.75, 3.05) is 11.9 Å². The van der Waals surface area contributed by atoms with E-state index in [-0.39, 0.29) is 24.8 Å². The maximum absolute atomic E-state index is 13.7. The number of anilines is 1. The summed E-state index contributed by atoms with van der Waals surface area (Å²) in [4.78, 5) is 39.9. The molecule has 0 radical (unpaired) electrons. The molecule has 2 aliphatic heterocycles. The minimum Gasteiger partial charge on any atom is -0.479 e. The molecule has 1 aromatic carbocycles. The third-order valence-corrected chi connectivity index (χ3v) is 6.80. The van der Waals surface area contributed by atoms with E-state index in [9.17, 15) is 29.0 Å². The average Bonchev–Trinajstić information content (AvgIpc) is 3.32. The Morgan fingerprint density at radius 2 is 2.06 bits per heavy atom. The van der Waals surface area contributed by atoms with Crippen LogP contribution in [0, 0.1) is 11.7 Å². The Hall–Kier alpha value is -2.94. The van der Waals surface area contributed by atoms with Gasteiger partial charge in [0.2, 0.25) is 11.8 Å². The number of amides is 2. The van der Waals surface area contributed by atoms with Crippen LogP contribution in [0.1, 0.15) is 44.9 Å². The number of carbonyl (C=O) groups is 3. The molecule has 0 unspecified atom stereocenters. The molecule has 2 amide bonds. The van der Waals surface area contributed by atoms with Gasteiger partial charge in [0.15, 0.2) is 0 Å². The number of carboxylic acid groups (broad SMARTS) is 1. The number of nitrogens with one attached hydrogen (secondary N) is 2. The largest absolute Gasteiger partial charge is 0.479 e. The lowest BCUT2D eigenvalue weighted by atomic mass is 10.0. The highest BCUT2D eigenvalue weighted by Gasteiger charge is 2.61. The number of aliphatic hydroxyl groups is 1. The first kappa shape index (κ1) is 23.2. The zero-order valence-corrected chi connectivity index (χ0v) is 18.4. The van der Waals surface area contributed by atoms with Crippen LogP contribution < -0.4 is 10.6 Å². The van der Waals surface area contributed by atoms with Crippen molar-refractivity contribution in [2.45, 2.75) is 68.7 Å². The van der Waals surface area contributed by atoms with Gasteiger partial charge in [0.1, 0.15) is 23.4 Å². The van der Waals surface area contributed by atoms with E-state index in [0.29, 0.717) is 18.5 Å². The van der Waals surface area contributed by atoms with E-state index in [1.807, 2.05) is 12.2 Å². The van der Waals surface area contributed by atoms with Crippen LogP contribution in [0.2, 0.25) is 0 Å². The molecule has 2 fully saturated rings. The third kappa shape index (κ3) is 5.03. The summed E-state index contributed by atoms with van der Waals surface area (Å²) in [6, 6.07) is 4.18. The fourth-order valence-corrected chi connectivity index (χ4v) is 4.86. The zero-order valence-electron chi connectivity index (χ0n) is 18.4. The van der Waals surface area contributed by atoms with Gasteiger partial charge in [0.25, 0.3) is 0 Å². The molecule has 9 heteroatoms. The standard InChI is InChI=1S/C24H30FN3O5/c25-16-8-6-9-17(11-16)26-19-10-5-3-1-2-4-7-15-13-24(15,23(32)33)27-21(30)20-12-18(29)14-28(20)22(19)31/h4,6-9,11,15,18-20,26,29H,1-3,5,10,12-14H2,(H,27,30)(H,32,33)/b7-4-/t15-,18-,19+,20+,24-/m1/s1. The minimum atomic E-state index is -1.37. The molecule has 1 aliphatic carbocycles. The van der Waals surface area contributed by atoms with Crippen molar-refractivity contribution >= 4 is 23.5 Å². The van der Waals surface area contributed by atoms with Gasteiger partial charge in [0.05, 0.1) is 6.10 Å². The number of fused-ring (bicyclic) bond motifs is 2. The number of nitrogens with zero attached hydrogens (tertiary/aromatic N) is 1. The molecule has 0 aromatic heterocycles. The van der Waals surface area contributed by atoms with Gasteiger partial charge in [-0.3, -0.25) is 9.59 Å². The highest BCUT2D eigenvalue weighted by molar-refractivity contribution is 5.96. The molecular weight excluding hydrogens is 429 g/mol. The van der Waals surface area contributed by atoms with E-state index >= 15 is 0 Å². The minimum absolute atomic E-state index is 0.0122. The van der Waals surface area contributed by atoms with E-state index in [2.05, 4.69) is 10.6 Å². The van der Waals surface area contributed by atoms with Crippen LogP contribution >= 0.6 is 0 Å². The van der Waals surface area contributed by atoms with E-state index < -0.39 is 41.4 Å². The van der Waals surface area contributed by atoms with Gasteiger partial charge in [-0.1, -0.05) is 31.1 Å².